The van der Waals surface area contributed by atoms with E-state index in [1.165, 1.54) is 26.4 Å². The molecule has 1 saturated carbocycles. The zero-order valence-corrected chi connectivity index (χ0v) is 11.9. The summed E-state index contributed by atoms with van der Waals surface area (Å²) in [6.45, 7) is 5.47. The van der Waals surface area contributed by atoms with E-state index in [0.717, 1.165) is 18.5 Å². The Morgan fingerprint density at radius 2 is 1.95 bits per heavy atom. The minimum absolute atomic E-state index is 0.337. The fourth-order valence-corrected chi connectivity index (χ4v) is 2.15. The summed E-state index contributed by atoms with van der Waals surface area (Å²) in [7, 11) is 1.37. The van der Waals surface area contributed by atoms with Crippen LogP contribution in [0.25, 0.3) is 0 Å². The second-order valence-corrected chi connectivity index (χ2v) is 4.93. The average Bonchev–Trinajstić information content (AvgIpc) is 2.42. The quantitative estimate of drug-likeness (QED) is 0.454. The van der Waals surface area contributed by atoms with E-state index in [0.29, 0.717) is 17.3 Å². The third-order valence-corrected chi connectivity index (χ3v) is 3.32. The molecule has 0 aliphatic heterocycles. The Morgan fingerprint density at radius 3 is 2.47 bits per heavy atom. The highest BCUT2D eigenvalue weighted by atomic mass is 16.5. The van der Waals surface area contributed by atoms with Crippen LogP contribution in [0, 0.1) is 0 Å². The fraction of sp³-hybridized carbons (Fsp3) is 0.533. The first-order chi connectivity index (χ1) is 9.04. The second-order valence-electron chi connectivity index (χ2n) is 4.93. The number of methoxy groups -OCH3 is 1. The third-order valence-electron chi connectivity index (χ3n) is 3.32. The van der Waals surface area contributed by atoms with E-state index in [-0.39, 0.29) is 5.97 Å². The molecule has 1 aliphatic rings. The molecule has 0 aromatic rings. The molecule has 0 atom stereocenters. The summed E-state index contributed by atoms with van der Waals surface area (Å²) in [6.07, 6.45) is 9.62. The highest BCUT2D eigenvalue weighted by Crippen LogP contribution is 2.19. The van der Waals surface area contributed by atoms with Crippen molar-refractivity contribution in [3.8, 4) is 0 Å². The number of carbonyl (C=O) groups is 1. The van der Waals surface area contributed by atoms with Gasteiger partial charge >= 0.3 is 5.97 Å². The van der Waals surface area contributed by atoms with E-state index >= 15 is 0 Å². The molecule has 19 heavy (non-hydrogen) atoms. The lowest BCUT2D eigenvalue weighted by Gasteiger charge is -2.25. The molecule has 106 valence electrons. The molecule has 0 saturated heterocycles. The van der Waals surface area contributed by atoms with Crippen molar-refractivity contribution in [2.45, 2.75) is 45.1 Å². The van der Waals surface area contributed by atoms with Crippen LogP contribution in [0.1, 0.15) is 39.0 Å². The third kappa shape index (κ3) is 5.20. The lowest BCUT2D eigenvalue weighted by Crippen LogP contribution is -2.32. The molecule has 0 radical (unpaired) electrons. The summed E-state index contributed by atoms with van der Waals surface area (Å²) in [5.41, 5.74) is 7.58. The van der Waals surface area contributed by atoms with E-state index in [2.05, 4.69) is 16.6 Å². The van der Waals surface area contributed by atoms with E-state index in [9.17, 15) is 4.79 Å². The molecular formula is C15H24N2O2. The first-order valence-electron chi connectivity index (χ1n) is 6.72. The number of allylic oxidation sites excluding steroid dienone is 2. The standard InChI is InChI=1S/C15H24N2O2/c1-11(15(18)19-3)9-10-14(12(2)16)17-13-7-5-4-6-8-13/h9-10,13,17H,2,4-8,16H2,1,3H3/b11-9+,14-10+. The number of ether oxygens (including phenoxy) is 1. The van der Waals surface area contributed by atoms with Crippen LogP contribution in [0.5, 0.6) is 0 Å². The number of hydrogen-bond donors (Lipinski definition) is 2. The van der Waals surface area contributed by atoms with Crippen LogP contribution in [0.2, 0.25) is 0 Å². The maximum Gasteiger partial charge on any atom is 0.333 e. The molecule has 0 aromatic carbocycles. The highest BCUT2D eigenvalue weighted by Gasteiger charge is 2.14. The number of nitrogens with one attached hydrogen (secondary N) is 1. The normalized spacial score (nSPS) is 18.0. The summed E-state index contributed by atoms with van der Waals surface area (Å²) in [4.78, 5) is 11.3. The van der Waals surface area contributed by atoms with Gasteiger partial charge in [0.25, 0.3) is 0 Å². The van der Waals surface area contributed by atoms with Gasteiger partial charge in [-0.1, -0.05) is 25.8 Å². The largest absolute Gasteiger partial charge is 0.466 e. The van der Waals surface area contributed by atoms with E-state index in [1.807, 2.05) is 0 Å². The summed E-state index contributed by atoms with van der Waals surface area (Å²) in [6, 6.07) is 0.451. The van der Waals surface area contributed by atoms with Crippen molar-refractivity contribution < 1.29 is 9.53 Å². The average molecular weight is 264 g/mol. The van der Waals surface area contributed by atoms with Crippen molar-refractivity contribution in [1.82, 2.24) is 5.32 Å². The molecule has 4 heteroatoms. The van der Waals surface area contributed by atoms with Gasteiger partial charge in [0.1, 0.15) is 0 Å². The number of carbonyl (C=O) groups excluding carboxylic acids is 1. The van der Waals surface area contributed by atoms with E-state index < -0.39 is 0 Å². The zero-order valence-electron chi connectivity index (χ0n) is 11.9. The maximum atomic E-state index is 11.3. The van der Waals surface area contributed by atoms with Crippen molar-refractivity contribution in [3.05, 3.63) is 35.7 Å². The number of rotatable bonds is 5. The molecule has 1 fully saturated rings. The second kappa shape index (κ2) is 7.67. The van der Waals surface area contributed by atoms with Crippen molar-refractivity contribution in [3.63, 3.8) is 0 Å². The Morgan fingerprint density at radius 1 is 1.32 bits per heavy atom. The van der Waals surface area contributed by atoms with Gasteiger partial charge in [0, 0.05) is 17.3 Å². The number of esters is 1. The summed E-state index contributed by atoms with van der Waals surface area (Å²) >= 11 is 0. The molecule has 4 nitrogen and oxygen atoms in total. The van der Waals surface area contributed by atoms with Gasteiger partial charge in [-0.25, -0.2) is 4.79 Å². The predicted octanol–water partition coefficient (Wildman–Crippen LogP) is 2.38. The van der Waals surface area contributed by atoms with Crippen LogP contribution >= 0.6 is 0 Å². The molecule has 3 N–H and O–H groups in total. The Labute approximate surface area is 115 Å². The van der Waals surface area contributed by atoms with Crippen LogP contribution in [0.3, 0.4) is 0 Å². The Balaban J connectivity index is 2.70. The van der Waals surface area contributed by atoms with Crippen molar-refractivity contribution in [2.24, 2.45) is 5.73 Å². The molecule has 0 aromatic heterocycles. The van der Waals surface area contributed by atoms with Crippen LogP contribution in [-0.4, -0.2) is 19.1 Å². The Hall–Kier alpha value is -1.71. The molecule has 0 amide bonds. The lowest BCUT2D eigenvalue weighted by molar-refractivity contribution is -0.136. The van der Waals surface area contributed by atoms with Gasteiger partial charge in [0.05, 0.1) is 12.8 Å². The van der Waals surface area contributed by atoms with Gasteiger partial charge in [0.2, 0.25) is 0 Å². The zero-order chi connectivity index (χ0) is 14.3. The van der Waals surface area contributed by atoms with Crippen molar-refractivity contribution in [2.75, 3.05) is 7.11 Å². The van der Waals surface area contributed by atoms with Crippen LogP contribution in [0.15, 0.2) is 35.7 Å². The highest BCUT2D eigenvalue weighted by molar-refractivity contribution is 5.87. The van der Waals surface area contributed by atoms with Gasteiger partial charge in [-0.05, 0) is 31.9 Å². The predicted molar refractivity (Wildman–Crippen MR) is 77.2 cm³/mol. The van der Waals surface area contributed by atoms with E-state index in [1.54, 1.807) is 19.1 Å². The van der Waals surface area contributed by atoms with Gasteiger partial charge in [-0.15, -0.1) is 0 Å². The fourth-order valence-electron chi connectivity index (χ4n) is 2.15. The first kappa shape index (κ1) is 15.3. The molecule has 0 bridgehead atoms. The molecule has 1 aliphatic carbocycles. The van der Waals surface area contributed by atoms with Crippen LogP contribution < -0.4 is 11.1 Å². The minimum atomic E-state index is -0.337. The topological polar surface area (TPSA) is 64.4 Å². The Kier molecular flexibility index (Phi) is 6.19. The first-order valence-corrected chi connectivity index (χ1v) is 6.72. The van der Waals surface area contributed by atoms with Crippen molar-refractivity contribution >= 4 is 5.97 Å². The SMILES string of the molecule is C=C(N)/C(=C\C=C(/C)C(=O)OC)NC1CCCCC1. The molecule has 0 unspecified atom stereocenters. The van der Waals surface area contributed by atoms with Crippen LogP contribution in [-0.2, 0) is 9.53 Å². The summed E-state index contributed by atoms with van der Waals surface area (Å²) in [5, 5.41) is 3.41. The smallest absolute Gasteiger partial charge is 0.333 e. The van der Waals surface area contributed by atoms with Gasteiger partial charge in [-0.2, -0.15) is 0 Å². The summed E-state index contributed by atoms with van der Waals surface area (Å²) in [5.74, 6) is -0.337. The molecular weight excluding hydrogens is 240 g/mol. The molecule has 0 heterocycles. The maximum absolute atomic E-state index is 11.3. The molecule has 1 rings (SSSR count). The lowest BCUT2D eigenvalue weighted by atomic mass is 9.95. The van der Waals surface area contributed by atoms with Gasteiger partial charge in [-0.3, -0.25) is 0 Å². The number of hydrogen-bond acceptors (Lipinski definition) is 4. The van der Waals surface area contributed by atoms with Gasteiger partial charge in [0.15, 0.2) is 0 Å². The van der Waals surface area contributed by atoms with Gasteiger partial charge < -0.3 is 15.8 Å². The summed E-state index contributed by atoms with van der Waals surface area (Å²) < 4.78 is 4.64. The molecule has 0 spiro atoms. The minimum Gasteiger partial charge on any atom is -0.466 e. The van der Waals surface area contributed by atoms with Crippen molar-refractivity contribution in [1.29, 1.82) is 0 Å². The van der Waals surface area contributed by atoms with Crippen LogP contribution in [0.4, 0.5) is 0 Å². The monoisotopic (exact) mass is 264 g/mol. The Bertz CT molecular complexity index is 391. The number of nitrogens with two attached hydrogens (primary N) is 1. The van der Waals surface area contributed by atoms with E-state index in [4.69, 9.17) is 5.73 Å².